The van der Waals surface area contributed by atoms with Crippen LogP contribution in [0.2, 0.25) is 0 Å². The SMILES string of the molecule is Cc1ccc(NC2CCCC(NC(=O)OC(C)(C)C)C2)cc1Br. The standard InChI is InChI=1S/C18H27BrN2O2/c1-12-8-9-15(11-16(12)19)20-13-6-5-7-14(10-13)21-17(22)23-18(2,3)4/h8-9,11,13-14,20H,5-7,10H2,1-4H3,(H,21,22). The molecule has 0 spiro atoms. The quantitative estimate of drug-likeness (QED) is 0.772. The van der Waals surface area contributed by atoms with E-state index in [9.17, 15) is 4.79 Å². The van der Waals surface area contributed by atoms with Crippen molar-refractivity contribution < 1.29 is 9.53 Å². The van der Waals surface area contributed by atoms with E-state index in [1.165, 1.54) is 5.56 Å². The number of benzene rings is 1. The molecule has 0 bridgehead atoms. The van der Waals surface area contributed by atoms with Gasteiger partial charge in [-0.15, -0.1) is 0 Å². The normalized spacial score (nSPS) is 21.6. The zero-order chi connectivity index (χ0) is 17.0. The molecule has 0 aliphatic heterocycles. The Morgan fingerprint density at radius 3 is 2.61 bits per heavy atom. The van der Waals surface area contributed by atoms with Gasteiger partial charge in [0.05, 0.1) is 0 Å². The third kappa shape index (κ3) is 6.05. The second-order valence-electron chi connectivity index (χ2n) is 7.31. The summed E-state index contributed by atoms with van der Waals surface area (Å²) >= 11 is 3.57. The Balaban J connectivity index is 1.88. The van der Waals surface area contributed by atoms with Crippen molar-refractivity contribution in [3.05, 3.63) is 28.2 Å². The van der Waals surface area contributed by atoms with Crippen molar-refractivity contribution in [2.24, 2.45) is 0 Å². The first kappa shape index (κ1) is 18.1. The topological polar surface area (TPSA) is 50.4 Å². The van der Waals surface area contributed by atoms with Crippen LogP contribution in [-0.4, -0.2) is 23.8 Å². The molecule has 1 amide bonds. The number of nitrogens with one attached hydrogen (secondary N) is 2. The molecule has 1 aliphatic carbocycles. The number of rotatable bonds is 3. The molecular weight excluding hydrogens is 356 g/mol. The highest BCUT2D eigenvalue weighted by Crippen LogP contribution is 2.25. The van der Waals surface area contributed by atoms with Gasteiger partial charge in [0.15, 0.2) is 0 Å². The Bertz CT molecular complexity index is 554. The van der Waals surface area contributed by atoms with Crippen molar-refractivity contribution in [3.63, 3.8) is 0 Å². The third-order valence-electron chi connectivity index (χ3n) is 3.94. The van der Waals surface area contributed by atoms with Crippen LogP contribution in [0.25, 0.3) is 0 Å². The lowest BCUT2D eigenvalue weighted by Gasteiger charge is -2.31. The lowest BCUT2D eigenvalue weighted by atomic mass is 9.91. The molecule has 1 aromatic rings. The zero-order valence-corrected chi connectivity index (χ0v) is 16.0. The largest absolute Gasteiger partial charge is 0.444 e. The van der Waals surface area contributed by atoms with E-state index >= 15 is 0 Å². The number of halogens is 1. The number of alkyl carbamates (subject to hydrolysis) is 1. The molecule has 23 heavy (non-hydrogen) atoms. The number of ether oxygens (including phenoxy) is 1. The molecule has 0 saturated heterocycles. The van der Waals surface area contributed by atoms with Gasteiger partial charge in [0, 0.05) is 22.2 Å². The Morgan fingerprint density at radius 2 is 1.96 bits per heavy atom. The van der Waals surface area contributed by atoms with Gasteiger partial charge in [0.25, 0.3) is 0 Å². The summed E-state index contributed by atoms with van der Waals surface area (Å²) in [7, 11) is 0. The fourth-order valence-electron chi connectivity index (χ4n) is 2.84. The van der Waals surface area contributed by atoms with Crippen molar-refractivity contribution in [2.45, 2.75) is 71.1 Å². The highest BCUT2D eigenvalue weighted by molar-refractivity contribution is 9.10. The summed E-state index contributed by atoms with van der Waals surface area (Å²) in [5.74, 6) is 0. The Morgan fingerprint density at radius 1 is 1.26 bits per heavy atom. The highest BCUT2D eigenvalue weighted by atomic mass is 79.9. The molecule has 128 valence electrons. The summed E-state index contributed by atoms with van der Waals surface area (Å²) in [4.78, 5) is 11.9. The Hall–Kier alpha value is -1.23. The van der Waals surface area contributed by atoms with E-state index in [1.807, 2.05) is 20.8 Å². The van der Waals surface area contributed by atoms with Crippen LogP contribution in [0.5, 0.6) is 0 Å². The molecule has 1 fully saturated rings. The third-order valence-corrected chi connectivity index (χ3v) is 4.79. The number of hydrogen-bond acceptors (Lipinski definition) is 3. The highest BCUT2D eigenvalue weighted by Gasteiger charge is 2.25. The molecule has 2 N–H and O–H groups in total. The fourth-order valence-corrected chi connectivity index (χ4v) is 3.22. The maximum atomic E-state index is 11.9. The summed E-state index contributed by atoms with van der Waals surface area (Å²) in [6.07, 6.45) is 3.84. The van der Waals surface area contributed by atoms with Crippen molar-refractivity contribution in [3.8, 4) is 0 Å². The maximum absolute atomic E-state index is 11.9. The van der Waals surface area contributed by atoms with Crippen molar-refractivity contribution >= 4 is 27.7 Å². The predicted octanol–water partition coefficient (Wildman–Crippen LogP) is 5.01. The molecule has 0 radical (unpaired) electrons. The Labute approximate surface area is 147 Å². The van der Waals surface area contributed by atoms with E-state index < -0.39 is 5.60 Å². The number of carbonyl (C=O) groups is 1. The molecule has 2 rings (SSSR count). The Kier molecular flexibility index (Phi) is 5.95. The summed E-state index contributed by atoms with van der Waals surface area (Å²) < 4.78 is 6.46. The lowest BCUT2D eigenvalue weighted by Crippen LogP contribution is -2.43. The van der Waals surface area contributed by atoms with Gasteiger partial charge >= 0.3 is 6.09 Å². The maximum Gasteiger partial charge on any atom is 0.407 e. The van der Waals surface area contributed by atoms with Gasteiger partial charge in [-0.3, -0.25) is 0 Å². The van der Waals surface area contributed by atoms with Gasteiger partial charge in [-0.2, -0.15) is 0 Å². The van der Waals surface area contributed by atoms with Gasteiger partial charge in [0.1, 0.15) is 5.60 Å². The number of anilines is 1. The summed E-state index contributed by atoms with van der Waals surface area (Å²) in [6.45, 7) is 7.72. The minimum absolute atomic E-state index is 0.171. The monoisotopic (exact) mass is 382 g/mol. The summed E-state index contributed by atoms with van der Waals surface area (Å²) in [5, 5.41) is 6.58. The molecule has 0 aromatic heterocycles. The minimum atomic E-state index is -0.454. The van der Waals surface area contributed by atoms with Crippen molar-refractivity contribution in [2.75, 3.05) is 5.32 Å². The van der Waals surface area contributed by atoms with Crippen LogP contribution >= 0.6 is 15.9 Å². The van der Waals surface area contributed by atoms with Gasteiger partial charge in [-0.25, -0.2) is 4.79 Å². The first-order chi connectivity index (χ1) is 10.7. The number of hydrogen-bond donors (Lipinski definition) is 2. The molecule has 2 atom stereocenters. The zero-order valence-electron chi connectivity index (χ0n) is 14.4. The lowest BCUT2D eigenvalue weighted by molar-refractivity contribution is 0.0492. The van der Waals surface area contributed by atoms with Crippen LogP contribution in [0.15, 0.2) is 22.7 Å². The van der Waals surface area contributed by atoms with Crippen LogP contribution in [0.1, 0.15) is 52.0 Å². The van der Waals surface area contributed by atoms with Gasteiger partial charge < -0.3 is 15.4 Å². The van der Waals surface area contributed by atoms with Gasteiger partial charge in [-0.05, 0) is 71.1 Å². The fraction of sp³-hybridized carbons (Fsp3) is 0.611. The molecule has 1 aromatic carbocycles. The minimum Gasteiger partial charge on any atom is -0.444 e. The summed E-state index contributed by atoms with van der Waals surface area (Å²) in [6, 6.07) is 6.86. The molecule has 0 heterocycles. The van der Waals surface area contributed by atoms with Crippen LogP contribution in [0, 0.1) is 6.92 Å². The second kappa shape index (κ2) is 7.56. The molecule has 4 nitrogen and oxygen atoms in total. The van der Waals surface area contributed by atoms with Gasteiger partial charge in [-0.1, -0.05) is 22.0 Å². The number of carbonyl (C=O) groups excluding carboxylic acids is 1. The first-order valence-electron chi connectivity index (χ1n) is 8.25. The molecule has 1 saturated carbocycles. The first-order valence-corrected chi connectivity index (χ1v) is 9.04. The van der Waals surface area contributed by atoms with E-state index in [0.717, 1.165) is 35.8 Å². The molecule has 5 heteroatoms. The van der Waals surface area contributed by atoms with Crippen LogP contribution < -0.4 is 10.6 Å². The van der Waals surface area contributed by atoms with Crippen LogP contribution in [0.4, 0.5) is 10.5 Å². The second-order valence-corrected chi connectivity index (χ2v) is 8.17. The van der Waals surface area contributed by atoms with E-state index in [-0.39, 0.29) is 12.1 Å². The van der Waals surface area contributed by atoms with E-state index in [1.54, 1.807) is 0 Å². The van der Waals surface area contributed by atoms with Crippen LogP contribution in [0.3, 0.4) is 0 Å². The molecular formula is C18H27BrN2O2. The average molecular weight is 383 g/mol. The molecule has 2 unspecified atom stereocenters. The summed E-state index contributed by atoms with van der Waals surface area (Å²) in [5.41, 5.74) is 1.89. The molecule has 1 aliphatic rings. The van der Waals surface area contributed by atoms with E-state index in [4.69, 9.17) is 4.74 Å². The van der Waals surface area contributed by atoms with Crippen molar-refractivity contribution in [1.82, 2.24) is 5.32 Å². The average Bonchev–Trinajstić information content (AvgIpc) is 2.41. The number of aryl methyl sites for hydroxylation is 1. The predicted molar refractivity (Wildman–Crippen MR) is 97.9 cm³/mol. The number of amides is 1. The van der Waals surface area contributed by atoms with Crippen molar-refractivity contribution in [1.29, 1.82) is 0 Å². The van der Waals surface area contributed by atoms with Gasteiger partial charge in [0.2, 0.25) is 0 Å². The van der Waals surface area contributed by atoms with Crippen LogP contribution in [-0.2, 0) is 4.74 Å². The van der Waals surface area contributed by atoms with E-state index in [2.05, 4.69) is 51.7 Å². The smallest absolute Gasteiger partial charge is 0.407 e. The van der Waals surface area contributed by atoms with E-state index in [0.29, 0.717) is 6.04 Å².